The van der Waals surface area contributed by atoms with E-state index in [1.165, 1.54) is 5.56 Å². The summed E-state index contributed by atoms with van der Waals surface area (Å²) < 4.78 is 0. The number of nitrogens with two attached hydrogens (primary N) is 1. The second-order valence-electron chi connectivity index (χ2n) is 3.62. The quantitative estimate of drug-likeness (QED) is 0.757. The van der Waals surface area contributed by atoms with E-state index in [2.05, 4.69) is 28.2 Å². The van der Waals surface area contributed by atoms with Crippen LogP contribution in [0.3, 0.4) is 0 Å². The molecule has 0 saturated heterocycles. The maximum Gasteiger partial charge on any atom is 0.0645 e. The molecule has 0 spiro atoms. The molecule has 0 aliphatic heterocycles. The fourth-order valence-electron chi connectivity index (χ4n) is 1.35. The number of nitrogens with zero attached hydrogens (tertiary/aromatic N) is 3. The highest BCUT2D eigenvalue weighted by atomic mass is 15.1. The second-order valence-corrected chi connectivity index (χ2v) is 3.62. The molecule has 4 heteroatoms. The minimum Gasteiger partial charge on any atom is -0.329 e. The van der Waals surface area contributed by atoms with E-state index in [0.717, 1.165) is 24.5 Å². The number of aromatic nitrogens is 2. The highest BCUT2D eigenvalue weighted by Gasteiger charge is 2.04. The number of hydrogen-bond donors (Lipinski definition) is 1. The number of hydrogen-bond acceptors (Lipinski definition) is 4. The van der Waals surface area contributed by atoms with Gasteiger partial charge in [0.15, 0.2) is 0 Å². The largest absolute Gasteiger partial charge is 0.329 e. The van der Waals surface area contributed by atoms with Crippen LogP contribution < -0.4 is 5.73 Å². The van der Waals surface area contributed by atoms with Crippen LogP contribution >= 0.6 is 0 Å². The summed E-state index contributed by atoms with van der Waals surface area (Å²) >= 11 is 0. The first-order chi connectivity index (χ1) is 6.63. The monoisotopic (exact) mass is 194 g/mol. The van der Waals surface area contributed by atoms with Crippen molar-refractivity contribution in [1.82, 2.24) is 15.1 Å². The summed E-state index contributed by atoms with van der Waals surface area (Å²) in [7, 11) is 2.06. The molecule has 0 fully saturated rings. The van der Waals surface area contributed by atoms with E-state index in [-0.39, 0.29) is 0 Å². The van der Waals surface area contributed by atoms with Crippen LogP contribution in [0.15, 0.2) is 6.07 Å². The minimum absolute atomic E-state index is 0.688. The maximum absolute atomic E-state index is 5.48. The molecule has 1 heterocycles. The first kappa shape index (κ1) is 11.1. The molecular formula is C10H18N4. The van der Waals surface area contributed by atoms with Gasteiger partial charge in [0, 0.05) is 19.6 Å². The van der Waals surface area contributed by atoms with Crippen LogP contribution in [0.2, 0.25) is 0 Å². The van der Waals surface area contributed by atoms with Crippen molar-refractivity contribution in [2.75, 3.05) is 20.1 Å². The Morgan fingerprint density at radius 1 is 1.36 bits per heavy atom. The number of likely N-dealkylation sites (N-methyl/N-ethyl adjacent to an activating group) is 1. The first-order valence-corrected chi connectivity index (χ1v) is 4.82. The molecule has 0 atom stereocenters. The molecule has 1 aromatic heterocycles. The molecule has 0 aliphatic rings. The van der Waals surface area contributed by atoms with Gasteiger partial charge < -0.3 is 10.6 Å². The third-order valence-electron chi connectivity index (χ3n) is 2.16. The van der Waals surface area contributed by atoms with Crippen molar-refractivity contribution in [3.63, 3.8) is 0 Å². The van der Waals surface area contributed by atoms with Crippen LogP contribution in [-0.4, -0.2) is 35.2 Å². The highest BCUT2D eigenvalue weighted by Crippen LogP contribution is 2.07. The van der Waals surface area contributed by atoms with Gasteiger partial charge in [-0.25, -0.2) is 0 Å². The summed E-state index contributed by atoms with van der Waals surface area (Å²) in [5.41, 5.74) is 8.68. The Labute approximate surface area is 85.1 Å². The second kappa shape index (κ2) is 5.02. The number of rotatable bonds is 4. The first-order valence-electron chi connectivity index (χ1n) is 4.82. The number of aryl methyl sites for hydroxylation is 2. The fraction of sp³-hybridized carbons (Fsp3) is 0.600. The van der Waals surface area contributed by atoms with E-state index in [1.807, 2.05) is 13.8 Å². The molecule has 1 aromatic rings. The summed E-state index contributed by atoms with van der Waals surface area (Å²) in [6.45, 7) is 6.42. The molecule has 1 rings (SSSR count). The van der Waals surface area contributed by atoms with Crippen molar-refractivity contribution < 1.29 is 0 Å². The Balaban J connectivity index is 2.70. The molecule has 2 N–H and O–H groups in total. The van der Waals surface area contributed by atoms with Crippen molar-refractivity contribution >= 4 is 0 Å². The van der Waals surface area contributed by atoms with E-state index in [4.69, 9.17) is 5.73 Å². The SMILES string of the molecule is Cc1cc(CN(C)CCN)c(C)nn1. The molecular weight excluding hydrogens is 176 g/mol. The molecule has 0 unspecified atom stereocenters. The maximum atomic E-state index is 5.48. The zero-order chi connectivity index (χ0) is 10.6. The molecule has 0 amide bonds. The van der Waals surface area contributed by atoms with Gasteiger partial charge in [0.25, 0.3) is 0 Å². The summed E-state index contributed by atoms with van der Waals surface area (Å²) in [4.78, 5) is 2.18. The third kappa shape index (κ3) is 3.05. The van der Waals surface area contributed by atoms with Gasteiger partial charge in [-0.2, -0.15) is 10.2 Å². The van der Waals surface area contributed by atoms with E-state index >= 15 is 0 Å². The Morgan fingerprint density at radius 3 is 2.71 bits per heavy atom. The molecule has 0 bridgehead atoms. The normalized spacial score (nSPS) is 10.9. The summed E-state index contributed by atoms with van der Waals surface area (Å²) in [6, 6.07) is 2.08. The van der Waals surface area contributed by atoms with E-state index in [0.29, 0.717) is 6.54 Å². The van der Waals surface area contributed by atoms with E-state index < -0.39 is 0 Å². The average Bonchev–Trinajstić information content (AvgIpc) is 2.12. The van der Waals surface area contributed by atoms with Gasteiger partial charge in [-0.05, 0) is 32.5 Å². The third-order valence-corrected chi connectivity index (χ3v) is 2.16. The predicted molar refractivity (Wildman–Crippen MR) is 56.9 cm³/mol. The summed E-state index contributed by atoms with van der Waals surface area (Å²) in [5, 5.41) is 8.08. The fourth-order valence-corrected chi connectivity index (χ4v) is 1.35. The molecule has 78 valence electrons. The predicted octanol–water partition coefficient (Wildman–Crippen LogP) is 0.484. The lowest BCUT2D eigenvalue weighted by atomic mass is 10.2. The topological polar surface area (TPSA) is 55.0 Å². The van der Waals surface area contributed by atoms with Crippen molar-refractivity contribution in [2.45, 2.75) is 20.4 Å². The van der Waals surface area contributed by atoms with Gasteiger partial charge in [0.05, 0.1) is 11.4 Å². The minimum atomic E-state index is 0.688. The standard InChI is InChI=1S/C10H18N4/c1-8-6-10(9(2)13-12-8)7-14(3)5-4-11/h6H,4-5,7,11H2,1-3H3. The average molecular weight is 194 g/mol. The Morgan fingerprint density at radius 2 is 2.07 bits per heavy atom. The Bertz CT molecular complexity index is 298. The van der Waals surface area contributed by atoms with Gasteiger partial charge in [-0.1, -0.05) is 0 Å². The zero-order valence-electron chi connectivity index (χ0n) is 9.12. The van der Waals surface area contributed by atoms with Gasteiger partial charge in [0.2, 0.25) is 0 Å². The highest BCUT2D eigenvalue weighted by molar-refractivity contribution is 5.19. The van der Waals surface area contributed by atoms with Gasteiger partial charge in [0.1, 0.15) is 0 Å². The van der Waals surface area contributed by atoms with E-state index in [9.17, 15) is 0 Å². The van der Waals surface area contributed by atoms with E-state index in [1.54, 1.807) is 0 Å². The Kier molecular flexibility index (Phi) is 3.98. The van der Waals surface area contributed by atoms with Crippen molar-refractivity contribution in [2.24, 2.45) is 5.73 Å². The van der Waals surface area contributed by atoms with Crippen LogP contribution in [0.1, 0.15) is 17.0 Å². The van der Waals surface area contributed by atoms with Crippen LogP contribution in [0.25, 0.3) is 0 Å². The lowest BCUT2D eigenvalue weighted by molar-refractivity contribution is 0.334. The van der Waals surface area contributed by atoms with Crippen LogP contribution in [0.5, 0.6) is 0 Å². The summed E-state index contributed by atoms with van der Waals surface area (Å²) in [6.07, 6.45) is 0. The lowest BCUT2D eigenvalue weighted by Gasteiger charge is -2.16. The van der Waals surface area contributed by atoms with Gasteiger partial charge >= 0.3 is 0 Å². The van der Waals surface area contributed by atoms with Crippen molar-refractivity contribution in [1.29, 1.82) is 0 Å². The van der Waals surface area contributed by atoms with Gasteiger partial charge in [-0.15, -0.1) is 0 Å². The summed E-state index contributed by atoms with van der Waals surface area (Å²) in [5.74, 6) is 0. The Hall–Kier alpha value is -1.00. The smallest absolute Gasteiger partial charge is 0.0645 e. The molecule has 0 aliphatic carbocycles. The molecule has 0 saturated carbocycles. The van der Waals surface area contributed by atoms with Crippen LogP contribution in [-0.2, 0) is 6.54 Å². The molecule has 0 aromatic carbocycles. The molecule has 4 nitrogen and oxygen atoms in total. The lowest BCUT2D eigenvalue weighted by Crippen LogP contribution is -2.25. The van der Waals surface area contributed by atoms with Crippen molar-refractivity contribution in [3.05, 3.63) is 23.0 Å². The van der Waals surface area contributed by atoms with Gasteiger partial charge in [-0.3, -0.25) is 0 Å². The molecule has 0 radical (unpaired) electrons. The van der Waals surface area contributed by atoms with Crippen LogP contribution in [0, 0.1) is 13.8 Å². The molecule has 14 heavy (non-hydrogen) atoms. The zero-order valence-corrected chi connectivity index (χ0v) is 9.12. The van der Waals surface area contributed by atoms with Crippen LogP contribution in [0.4, 0.5) is 0 Å². The van der Waals surface area contributed by atoms with Crippen molar-refractivity contribution in [3.8, 4) is 0 Å².